The molecule has 3 nitrogen and oxygen atoms in total. The molecule has 0 saturated heterocycles. The van der Waals surface area contributed by atoms with Crippen LogP contribution >= 0.6 is 11.6 Å². The van der Waals surface area contributed by atoms with E-state index in [9.17, 15) is 13.2 Å². The maximum absolute atomic E-state index is 13.5. The van der Waals surface area contributed by atoms with Crippen LogP contribution in [0.3, 0.4) is 0 Å². The fourth-order valence-corrected chi connectivity index (χ4v) is 2.33. The Bertz CT molecular complexity index is 707. The van der Waals surface area contributed by atoms with Crippen LogP contribution in [0, 0.1) is 11.7 Å². The minimum atomic E-state index is -2.62. The summed E-state index contributed by atoms with van der Waals surface area (Å²) in [5, 5.41) is 0.298. The third kappa shape index (κ3) is 2.97. The van der Waals surface area contributed by atoms with Crippen molar-refractivity contribution in [2.45, 2.75) is 12.3 Å². The van der Waals surface area contributed by atoms with Crippen molar-refractivity contribution in [2.75, 3.05) is 12.3 Å². The van der Waals surface area contributed by atoms with E-state index in [1.165, 1.54) is 24.4 Å². The zero-order valence-electron chi connectivity index (χ0n) is 11.3. The lowest BCUT2D eigenvalue weighted by Crippen LogP contribution is -2.06. The lowest BCUT2D eigenvalue weighted by molar-refractivity contribution is 0.0850. The maximum atomic E-state index is 13.5. The van der Waals surface area contributed by atoms with E-state index < -0.39 is 17.7 Å². The van der Waals surface area contributed by atoms with Gasteiger partial charge >= 0.3 is 0 Å². The van der Waals surface area contributed by atoms with Crippen molar-refractivity contribution < 1.29 is 17.9 Å². The summed E-state index contributed by atoms with van der Waals surface area (Å²) >= 11 is 6.03. The predicted octanol–water partition coefficient (Wildman–Crippen LogP) is 4.16. The van der Waals surface area contributed by atoms with Gasteiger partial charge in [0.2, 0.25) is 5.88 Å². The third-order valence-corrected chi connectivity index (χ3v) is 3.83. The van der Waals surface area contributed by atoms with Gasteiger partial charge in [0.1, 0.15) is 5.82 Å². The molecule has 0 spiro atoms. The first kappa shape index (κ1) is 15.0. The molecule has 1 aromatic carbocycles. The molecule has 1 aromatic heterocycles. The smallest absolute Gasteiger partial charge is 0.255 e. The van der Waals surface area contributed by atoms with Gasteiger partial charge in [-0.25, -0.2) is 18.2 Å². The number of alkyl halides is 2. The SMILES string of the molecule is Nc1cc(Cl)c(-c2ccc(OCC3CC3(F)F)nc2)cc1F. The average molecular weight is 329 g/mol. The number of hydrogen-bond acceptors (Lipinski definition) is 3. The second-order valence-corrected chi connectivity index (χ2v) is 5.62. The Hall–Kier alpha value is -1.95. The highest BCUT2D eigenvalue weighted by Gasteiger charge is 2.57. The highest BCUT2D eigenvalue weighted by atomic mass is 35.5. The molecular weight excluding hydrogens is 317 g/mol. The Labute approximate surface area is 129 Å². The molecule has 1 aliphatic carbocycles. The van der Waals surface area contributed by atoms with Crippen LogP contribution in [0.25, 0.3) is 11.1 Å². The van der Waals surface area contributed by atoms with Crippen LogP contribution in [0.2, 0.25) is 5.02 Å². The molecule has 1 unspecified atom stereocenters. The normalized spacial score (nSPS) is 19.0. The Balaban J connectivity index is 1.73. The molecule has 1 heterocycles. The summed E-state index contributed by atoms with van der Waals surface area (Å²) in [6.45, 7) is -0.0728. The first-order valence-electron chi connectivity index (χ1n) is 6.58. The number of ether oxygens (including phenoxy) is 1. The van der Waals surface area contributed by atoms with Crippen molar-refractivity contribution in [2.24, 2.45) is 5.92 Å². The molecule has 7 heteroatoms. The standard InChI is InChI=1S/C15H12ClF3N2O/c16-11-4-13(20)12(17)3-10(11)8-1-2-14(21-6-8)22-7-9-5-15(9,18)19/h1-4,6,9H,5,7,20H2. The number of nitrogens with zero attached hydrogens (tertiary/aromatic N) is 1. The minimum absolute atomic E-state index is 0.0352. The van der Waals surface area contributed by atoms with Crippen molar-refractivity contribution in [3.05, 3.63) is 41.3 Å². The molecule has 22 heavy (non-hydrogen) atoms. The summed E-state index contributed by atoms with van der Waals surface area (Å²) < 4.78 is 44.2. The molecule has 116 valence electrons. The van der Waals surface area contributed by atoms with Gasteiger partial charge in [0.05, 0.1) is 23.2 Å². The summed E-state index contributed by atoms with van der Waals surface area (Å²) in [6, 6.07) is 5.70. The fourth-order valence-electron chi connectivity index (χ4n) is 2.04. The average Bonchev–Trinajstić information content (AvgIpc) is 3.09. The molecule has 1 atom stereocenters. The van der Waals surface area contributed by atoms with Gasteiger partial charge in [0.15, 0.2) is 0 Å². The first-order valence-corrected chi connectivity index (χ1v) is 6.96. The van der Waals surface area contributed by atoms with Gasteiger partial charge in [-0.2, -0.15) is 0 Å². The van der Waals surface area contributed by atoms with Crippen LogP contribution in [0.4, 0.5) is 18.9 Å². The second-order valence-electron chi connectivity index (χ2n) is 5.21. The van der Waals surface area contributed by atoms with E-state index >= 15 is 0 Å². The van der Waals surface area contributed by atoms with E-state index in [1.54, 1.807) is 6.07 Å². The molecule has 0 aliphatic heterocycles. The van der Waals surface area contributed by atoms with E-state index in [2.05, 4.69) is 4.98 Å². The molecule has 1 saturated carbocycles. The third-order valence-electron chi connectivity index (χ3n) is 3.52. The number of nitrogen functional groups attached to an aromatic ring is 1. The summed E-state index contributed by atoms with van der Waals surface area (Å²) in [5.41, 5.74) is 6.42. The van der Waals surface area contributed by atoms with Crippen molar-refractivity contribution in [3.63, 3.8) is 0 Å². The van der Waals surface area contributed by atoms with Gasteiger partial charge in [0, 0.05) is 29.8 Å². The van der Waals surface area contributed by atoms with Gasteiger partial charge < -0.3 is 10.5 Å². The lowest BCUT2D eigenvalue weighted by atomic mass is 10.1. The Morgan fingerprint density at radius 3 is 2.68 bits per heavy atom. The van der Waals surface area contributed by atoms with Crippen LogP contribution in [0.5, 0.6) is 5.88 Å². The number of halogens is 4. The van der Waals surface area contributed by atoms with Gasteiger partial charge in [-0.1, -0.05) is 11.6 Å². The number of rotatable bonds is 4. The van der Waals surface area contributed by atoms with Gasteiger partial charge in [-0.05, 0) is 18.2 Å². The number of hydrogen-bond donors (Lipinski definition) is 1. The molecule has 1 fully saturated rings. The van der Waals surface area contributed by atoms with Crippen LogP contribution in [0.1, 0.15) is 6.42 Å². The molecule has 2 aromatic rings. The molecule has 3 rings (SSSR count). The maximum Gasteiger partial charge on any atom is 0.255 e. The molecule has 0 bridgehead atoms. The summed E-state index contributed by atoms with van der Waals surface area (Å²) in [7, 11) is 0. The van der Waals surface area contributed by atoms with Crippen LogP contribution in [-0.2, 0) is 0 Å². The number of nitrogens with two attached hydrogens (primary N) is 1. The predicted molar refractivity (Wildman–Crippen MR) is 77.6 cm³/mol. The van der Waals surface area contributed by atoms with Crippen molar-refractivity contribution in [1.29, 1.82) is 0 Å². The van der Waals surface area contributed by atoms with Gasteiger partial charge in [-0.3, -0.25) is 0 Å². The number of pyridine rings is 1. The van der Waals surface area contributed by atoms with Crippen molar-refractivity contribution in [3.8, 4) is 17.0 Å². The summed E-state index contributed by atoms with van der Waals surface area (Å²) in [4.78, 5) is 4.02. The largest absolute Gasteiger partial charge is 0.477 e. The fraction of sp³-hybridized carbons (Fsp3) is 0.267. The molecular formula is C15H12ClF3N2O. The minimum Gasteiger partial charge on any atom is -0.477 e. The highest BCUT2D eigenvalue weighted by molar-refractivity contribution is 6.33. The molecule has 2 N–H and O–H groups in total. The van der Waals surface area contributed by atoms with Crippen LogP contribution in [0.15, 0.2) is 30.5 Å². The first-order chi connectivity index (χ1) is 10.4. The number of anilines is 1. The Morgan fingerprint density at radius 2 is 2.09 bits per heavy atom. The molecule has 1 aliphatic rings. The van der Waals surface area contributed by atoms with E-state index in [-0.39, 0.29) is 24.6 Å². The van der Waals surface area contributed by atoms with Crippen LogP contribution in [-0.4, -0.2) is 17.5 Å². The summed E-state index contributed by atoms with van der Waals surface area (Å²) in [6.07, 6.45) is 1.29. The van der Waals surface area contributed by atoms with E-state index in [0.717, 1.165) is 0 Å². The molecule has 0 radical (unpaired) electrons. The summed E-state index contributed by atoms with van der Waals surface area (Å²) in [5.74, 6) is -3.70. The van der Waals surface area contributed by atoms with Crippen molar-refractivity contribution >= 4 is 17.3 Å². The van der Waals surface area contributed by atoms with E-state index in [0.29, 0.717) is 16.1 Å². The Morgan fingerprint density at radius 1 is 1.36 bits per heavy atom. The number of benzene rings is 1. The van der Waals surface area contributed by atoms with Gasteiger partial charge in [-0.15, -0.1) is 0 Å². The van der Waals surface area contributed by atoms with Crippen LogP contribution < -0.4 is 10.5 Å². The highest BCUT2D eigenvalue weighted by Crippen LogP contribution is 2.48. The second kappa shape index (κ2) is 5.35. The lowest BCUT2D eigenvalue weighted by Gasteiger charge is -2.08. The quantitative estimate of drug-likeness (QED) is 0.857. The monoisotopic (exact) mass is 328 g/mol. The zero-order valence-corrected chi connectivity index (χ0v) is 12.1. The number of aromatic nitrogens is 1. The Kier molecular flexibility index (Phi) is 3.64. The topological polar surface area (TPSA) is 48.1 Å². The van der Waals surface area contributed by atoms with Gasteiger partial charge in [0.25, 0.3) is 5.92 Å². The van der Waals surface area contributed by atoms with E-state index in [1.807, 2.05) is 0 Å². The molecule has 0 amide bonds. The van der Waals surface area contributed by atoms with Crippen molar-refractivity contribution in [1.82, 2.24) is 4.98 Å². The van der Waals surface area contributed by atoms with E-state index in [4.69, 9.17) is 22.1 Å². The zero-order chi connectivity index (χ0) is 15.9.